The Kier molecular flexibility index (Phi) is 2.60. The summed E-state index contributed by atoms with van der Waals surface area (Å²) in [6.45, 7) is 4.28. The molecular weight excluding hydrogens is 228 g/mol. The number of hydrogen-bond donors (Lipinski definition) is 0. The van der Waals surface area contributed by atoms with Crippen LogP contribution < -0.4 is 0 Å². The van der Waals surface area contributed by atoms with E-state index in [0.717, 1.165) is 37.0 Å². The first kappa shape index (κ1) is 12.2. The second kappa shape index (κ2) is 3.83. The maximum Gasteiger partial charge on any atom is 0.216 e. The molecule has 3 rings (SSSR count). The average Bonchev–Trinajstić information content (AvgIpc) is 2.61. The standard InChI is InChI=1S/C15H22O3/c1-14(2)8-11(16)13-10-6-4-5-7-15(10,17-3)18-12(13)9-14/h10H,4-9H2,1-3H3. The van der Waals surface area contributed by atoms with Gasteiger partial charge >= 0.3 is 0 Å². The molecule has 0 aromatic heterocycles. The van der Waals surface area contributed by atoms with Gasteiger partial charge in [0.25, 0.3) is 0 Å². The van der Waals surface area contributed by atoms with Crippen LogP contribution in [-0.4, -0.2) is 18.7 Å². The number of ketones is 1. The molecule has 1 heterocycles. The highest BCUT2D eigenvalue weighted by molar-refractivity contribution is 5.98. The Hall–Kier alpha value is -0.830. The van der Waals surface area contributed by atoms with Gasteiger partial charge in [-0.1, -0.05) is 20.3 Å². The van der Waals surface area contributed by atoms with Crippen molar-refractivity contribution in [2.45, 2.75) is 58.2 Å². The summed E-state index contributed by atoms with van der Waals surface area (Å²) in [6, 6.07) is 0. The number of methoxy groups -OCH3 is 1. The molecule has 0 amide bonds. The van der Waals surface area contributed by atoms with Crippen LogP contribution in [0, 0.1) is 11.3 Å². The lowest BCUT2D eigenvalue weighted by molar-refractivity contribution is -0.224. The zero-order chi connectivity index (χ0) is 13.0. The second-order valence-electron chi connectivity index (χ2n) is 6.69. The van der Waals surface area contributed by atoms with Crippen LogP contribution in [0.15, 0.2) is 11.3 Å². The summed E-state index contributed by atoms with van der Waals surface area (Å²) in [6.07, 6.45) is 5.75. The molecule has 3 aliphatic rings. The molecule has 2 atom stereocenters. The fourth-order valence-corrected chi connectivity index (χ4v) is 3.85. The fraction of sp³-hybridized carbons (Fsp3) is 0.800. The number of Topliss-reactive ketones (excluding diaryl/α,β-unsaturated/α-hetero) is 1. The quantitative estimate of drug-likeness (QED) is 0.717. The van der Waals surface area contributed by atoms with Gasteiger partial charge in [-0.25, -0.2) is 0 Å². The van der Waals surface area contributed by atoms with Crippen molar-refractivity contribution in [2.24, 2.45) is 11.3 Å². The van der Waals surface area contributed by atoms with E-state index in [9.17, 15) is 4.79 Å². The number of allylic oxidation sites excluding steroid dienone is 1. The predicted octanol–water partition coefficient (Wildman–Crippen LogP) is 3.19. The van der Waals surface area contributed by atoms with Crippen LogP contribution in [0.1, 0.15) is 52.4 Å². The zero-order valence-electron chi connectivity index (χ0n) is 11.5. The summed E-state index contributed by atoms with van der Waals surface area (Å²) < 4.78 is 11.8. The molecular formula is C15H22O3. The van der Waals surface area contributed by atoms with Gasteiger partial charge in [-0.2, -0.15) is 0 Å². The van der Waals surface area contributed by atoms with Crippen LogP contribution in [0.4, 0.5) is 0 Å². The van der Waals surface area contributed by atoms with Crippen molar-refractivity contribution >= 4 is 5.78 Å². The summed E-state index contributed by atoms with van der Waals surface area (Å²) in [5.41, 5.74) is 0.981. The van der Waals surface area contributed by atoms with Crippen molar-refractivity contribution in [3.05, 3.63) is 11.3 Å². The molecule has 0 radical (unpaired) electrons. The first-order valence-electron chi connectivity index (χ1n) is 6.98. The molecule has 0 aromatic carbocycles. The SMILES string of the molecule is COC12CCCCC1C1=C(CC(C)(C)CC1=O)O2. The zero-order valence-corrected chi connectivity index (χ0v) is 11.5. The Balaban J connectivity index is 1.99. The Morgan fingerprint density at radius 1 is 1.28 bits per heavy atom. The van der Waals surface area contributed by atoms with Crippen molar-refractivity contribution in [3.63, 3.8) is 0 Å². The van der Waals surface area contributed by atoms with Crippen molar-refractivity contribution in [1.29, 1.82) is 0 Å². The molecule has 0 aromatic rings. The van der Waals surface area contributed by atoms with Gasteiger partial charge < -0.3 is 9.47 Å². The van der Waals surface area contributed by atoms with Gasteiger partial charge in [-0.3, -0.25) is 4.79 Å². The molecule has 0 spiro atoms. The topological polar surface area (TPSA) is 35.5 Å². The monoisotopic (exact) mass is 250 g/mol. The van der Waals surface area contributed by atoms with Gasteiger partial charge in [0.15, 0.2) is 5.78 Å². The molecule has 1 aliphatic heterocycles. The summed E-state index contributed by atoms with van der Waals surface area (Å²) >= 11 is 0. The van der Waals surface area contributed by atoms with E-state index in [1.54, 1.807) is 7.11 Å². The Morgan fingerprint density at radius 3 is 2.78 bits per heavy atom. The van der Waals surface area contributed by atoms with E-state index in [2.05, 4.69) is 13.8 Å². The highest BCUT2D eigenvalue weighted by Crippen LogP contribution is 2.54. The predicted molar refractivity (Wildman–Crippen MR) is 67.8 cm³/mol. The smallest absolute Gasteiger partial charge is 0.216 e. The van der Waals surface area contributed by atoms with Gasteiger partial charge in [-0.15, -0.1) is 0 Å². The van der Waals surface area contributed by atoms with E-state index in [0.29, 0.717) is 6.42 Å². The molecule has 0 saturated heterocycles. The van der Waals surface area contributed by atoms with Gasteiger partial charge in [0.1, 0.15) is 5.76 Å². The van der Waals surface area contributed by atoms with Crippen molar-refractivity contribution in [1.82, 2.24) is 0 Å². The normalized spacial score (nSPS) is 38.2. The third-order valence-electron chi connectivity index (χ3n) is 4.67. The number of ether oxygens (including phenoxy) is 2. The molecule has 18 heavy (non-hydrogen) atoms. The Labute approximate surface area is 109 Å². The maximum absolute atomic E-state index is 12.4. The molecule has 2 unspecified atom stereocenters. The minimum absolute atomic E-state index is 0.0261. The lowest BCUT2D eigenvalue weighted by Crippen LogP contribution is -2.42. The average molecular weight is 250 g/mol. The first-order valence-corrected chi connectivity index (χ1v) is 6.98. The van der Waals surface area contributed by atoms with E-state index >= 15 is 0 Å². The number of rotatable bonds is 1. The van der Waals surface area contributed by atoms with Gasteiger partial charge in [-0.05, 0) is 18.3 Å². The molecule has 3 heteroatoms. The molecule has 1 fully saturated rings. The molecule has 3 nitrogen and oxygen atoms in total. The van der Waals surface area contributed by atoms with E-state index in [1.165, 1.54) is 6.42 Å². The Morgan fingerprint density at radius 2 is 2.06 bits per heavy atom. The summed E-state index contributed by atoms with van der Waals surface area (Å²) in [5.74, 6) is 0.853. The van der Waals surface area contributed by atoms with Crippen LogP contribution in [0.2, 0.25) is 0 Å². The second-order valence-corrected chi connectivity index (χ2v) is 6.69. The largest absolute Gasteiger partial charge is 0.466 e. The third-order valence-corrected chi connectivity index (χ3v) is 4.67. The first-order chi connectivity index (χ1) is 8.47. The minimum Gasteiger partial charge on any atom is -0.466 e. The molecule has 1 saturated carbocycles. The van der Waals surface area contributed by atoms with E-state index in [1.807, 2.05) is 0 Å². The van der Waals surface area contributed by atoms with E-state index in [4.69, 9.17) is 9.47 Å². The lowest BCUT2D eigenvalue weighted by atomic mass is 9.71. The number of fused-ring (bicyclic) bond motifs is 2. The highest BCUT2D eigenvalue weighted by Gasteiger charge is 2.55. The van der Waals surface area contributed by atoms with Crippen LogP contribution in [0.25, 0.3) is 0 Å². The minimum atomic E-state index is -0.529. The van der Waals surface area contributed by atoms with E-state index < -0.39 is 5.79 Å². The number of hydrogen-bond acceptors (Lipinski definition) is 3. The molecule has 100 valence electrons. The summed E-state index contributed by atoms with van der Waals surface area (Å²) in [7, 11) is 1.71. The van der Waals surface area contributed by atoms with E-state index in [-0.39, 0.29) is 17.1 Å². The highest BCUT2D eigenvalue weighted by atomic mass is 16.7. The number of carbonyl (C=O) groups excluding carboxylic acids is 1. The Bertz CT molecular complexity index is 421. The summed E-state index contributed by atoms with van der Waals surface area (Å²) in [4.78, 5) is 12.4. The molecule has 2 aliphatic carbocycles. The van der Waals surface area contributed by atoms with Crippen LogP contribution in [0.3, 0.4) is 0 Å². The summed E-state index contributed by atoms with van der Waals surface area (Å²) in [5, 5.41) is 0. The fourth-order valence-electron chi connectivity index (χ4n) is 3.85. The van der Waals surface area contributed by atoms with Crippen LogP contribution in [0.5, 0.6) is 0 Å². The van der Waals surface area contributed by atoms with Crippen molar-refractivity contribution < 1.29 is 14.3 Å². The van der Waals surface area contributed by atoms with Gasteiger partial charge in [0.05, 0.1) is 5.92 Å². The third kappa shape index (κ3) is 1.63. The van der Waals surface area contributed by atoms with Crippen molar-refractivity contribution in [2.75, 3.05) is 7.11 Å². The maximum atomic E-state index is 12.4. The van der Waals surface area contributed by atoms with Crippen molar-refractivity contribution in [3.8, 4) is 0 Å². The van der Waals surface area contributed by atoms with Crippen LogP contribution in [-0.2, 0) is 14.3 Å². The van der Waals surface area contributed by atoms with Gasteiger partial charge in [0.2, 0.25) is 5.79 Å². The number of carbonyl (C=O) groups is 1. The molecule has 0 bridgehead atoms. The van der Waals surface area contributed by atoms with Gasteiger partial charge in [0, 0.05) is 31.9 Å². The molecule has 0 N–H and O–H groups in total. The van der Waals surface area contributed by atoms with Crippen LogP contribution >= 0.6 is 0 Å². The lowest BCUT2D eigenvalue weighted by Gasteiger charge is -2.37.